The van der Waals surface area contributed by atoms with Crippen LogP contribution in [-0.2, 0) is 16.2 Å². The van der Waals surface area contributed by atoms with Gasteiger partial charge in [0, 0.05) is 0 Å². The van der Waals surface area contributed by atoms with Gasteiger partial charge in [-0.05, 0) is 72.7 Å². The Bertz CT molecular complexity index is 1440. The van der Waals surface area contributed by atoms with Crippen molar-refractivity contribution in [2.24, 2.45) is 0 Å². The first kappa shape index (κ1) is 27.3. The molecule has 1 aliphatic heterocycles. The third kappa shape index (κ3) is 5.88. The first-order valence-electron chi connectivity index (χ1n) is 11.3. The smallest absolute Gasteiger partial charge is 0.335 e. The van der Waals surface area contributed by atoms with Gasteiger partial charge in [-0.25, -0.2) is 9.69 Å². The third-order valence-electron chi connectivity index (χ3n) is 5.44. The van der Waals surface area contributed by atoms with Gasteiger partial charge in [-0.1, -0.05) is 40.9 Å². The van der Waals surface area contributed by atoms with Crippen molar-refractivity contribution in [2.45, 2.75) is 13.5 Å². The summed E-state index contributed by atoms with van der Waals surface area (Å²) in [5.41, 5.74) is 1.16. The largest absolute Gasteiger partial charge is 0.497 e. The summed E-state index contributed by atoms with van der Waals surface area (Å²) >= 11 is 18.6. The Hall–Kier alpha value is -3.72. The number of hydrogen-bond acceptors (Lipinski definition) is 6. The highest BCUT2D eigenvalue weighted by atomic mass is 35.5. The number of imide groups is 2. The molecular weight excluding hydrogens is 555 g/mol. The molecule has 1 N–H and O–H groups in total. The number of nitrogens with zero attached hydrogens (tertiary/aromatic N) is 1. The molecule has 1 aliphatic rings. The van der Waals surface area contributed by atoms with Crippen molar-refractivity contribution in [3.63, 3.8) is 0 Å². The number of barbiturate groups is 1. The Labute approximate surface area is 233 Å². The first-order valence-corrected chi connectivity index (χ1v) is 12.4. The van der Waals surface area contributed by atoms with E-state index in [1.807, 2.05) is 0 Å². The molecule has 3 aromatic rings. The molecule has 0 radical (unpaired) electrons. The maximum absolute atomic E-state index is 13.2. The van der Waals surface area contributed by atoms with Gasteiger partial charge in [-0.15, -0.1) is 0 Å². The van der Waals surface area contributed by atoms with E-state index in [0.717, 1.165) is 10.5 Å². The molecule has 8 nitrogen and oxygen atoms in total. The highest BCUT2D eigenvalue weighted by Crippen LogP contribution is 2.38. The molecule has 0 saturated carbocycles. The van der Waals surface area contributed by atoms with Crippen LogP contribution in [0.15, 0.2) is 60.2 Å². The monoisotopic (exact) mass is 574 g/mol. The Morgan fingerprint density at radius 3 is 2.29 bits per heavy atom. The van der Waals surface area contributed by atoms with Crippen LogP contribution in [0.1, 0.15) is 18.1 Å². The van der Waals surface area contributed by atoms with E-state index in [1.165, 1.54) is 31.4 Å². The number of halogens is 3. The molecule has 0 atom stereocenters. The number of amides is 4. The number of rotatable bonds is 8. The molecule has 0 aliphatic carbocycles. The van der Waals surface area contributed by atoms with E-state index in [4.69, 9.17) is 49.0 Å². The molecule has 1 heterocycles. The van der Waals surface area contributed by atoms with Crippen molar-refractivity contribution in [1.29, 1.82) is 0 Å². The Kier molecular flexibility index (Phi) is 8.46. The van der Waals surface area contributed by atoms with Crippen LogP contribution < -0.4 is 24.4 Å². The summed E-state index contributed by atoms with van der Waals surface area (Å²) in [6, 6.07) is 13.6. The number of methoxy groups -OCH3 is 1. The van der Waals surface area contributed by atoms with E-state index in [-0.39, 0.29) is 28.6 Å². The van der Waals surface area contributed by atoms with Crippen LogP contribution in [0.25, 0.3) is 6.08 Å². The lowest BCUT2D eigenvalue weighted by atomic mass is 10.1. The third-order valence-corrected chi connectivity index (χ3v) is 6.46. The summed E-state index contributed by atoms with van der Waals surface area (Å²) in [6.45, 7) is 2.23. The average Bonchev–Trinajstić information content (AvgIpc) is 2.88. The van der Waals surface area contributed by atoms with E-state index >= 15 is 0 Å². The van der Waals surface area contributed by atoms with Gasteiger partial charge in [0.1, 0.15) is 17.9 Å². The molecule has 196 valence electrons. The summed E-state index contributed by atoms with van der Waals surface area (Å²) in [5, 5.41) is 3.20. The van der Waals surface area contributed by atoms with Gasteiger partial charge in [-0.2, -0.15) is 0 Å². The lowest BCUT2D eigenvalue weighted by Gasteiger charge is -2.26. The van der Waals surface area contributed by atoms with Gasteiger partial charge in [0.2, 0.25) is 0 Å². The number of carbonyl (C=O) groups excluding carboxylic acids is 3. The van der Waals surface area contributed by atoms with Crippen LogP contribution in [0, 0.1) is 0 Å². The van der Waals surface area contributed by atoms with E-state index in [1.54, 1.807) is 43.3 Å². The molecule has 38 heavy (non-hydrogen) atoms. The van der Waals surface area contributed by atoms with Gasteiger partial charge in [0.25, 0.3) is 11.8 Å². The van der Waals surface area contributed by atoms with Crippen LogP contribution in [-0.4, -0.2) is 31.6 Å². The van der Waals surface area contributed by atoms with Crippen LogP contribution in [0.4, 0.5) is 10.5 Å². The lowest BCUT2D eigenvalue weighted by molar-refractivity contribution is -0.122. The van der Waals surface area contributed by atoms with Crippen LogP contribution in [0.2, 0.25) is 15.1 Å². The number of carbonyl (C=O) groups is 3. The fourth-order valence-corrected chi connectivity index (χ4v) is 4.24. The summed E-state index contributed by atoms with van der Waals surface area (Å²) < 4.78 is 16.7. The van der Waals surface area contributed by atoms with Crippen molar-refractivity contribution in [1.82, 2.24) is 5.32 Å². The number of urea groups is 1. The van der Waals surface area contributed by atoms with Crippen molar-refractivity contribution in [3.05, 3.63) is 86.4 Å². The molecular formula is C27H21Cl3N2O6. The minimum absolute atomic E-state index is 0.136. The summed E-state index contributed by atoms with van der Waals surface area (Å²) in [6.07, 6.45) is 1.33. The van der Waals surface area contributed by atoms with Crippen LogP contribution in [0.5, 0.6) is 17.2 Å². The summed E-state index contributed by atoms with van der Waals surface area (Å²) in [7, 11) is 1.50. The van der Waals surface area contributed by atoms with Gasteiger partial charge in [-0.3, -0.25) is 14.9 Å². The van der Waals surface area contributed by atoms with Crippen molar-refractivity contribution < 1.29 is 28.6 Å². The second-order valence-electron chi connectivity index (χ2n) is 7.96. The number of nitrogens with one attached hydrogen (secondary N) is 1. The maximum atomic E-state index is 13.2. The molecule has 11 heteroatoms. The van der Waals surface area contributed by atoms with Gasteiger partial charge >= 0.3 is 6.03 Å². The van der Waals surface area contributed by atoms with Crippen molar-refractivity contribution >= 4 is 64.4 Å². The molecule has 4 rings (SSSR count). The zero-order valence-corrected chi connectivity index (χ0v) is 22.5. The zero-order chi connectivity index (χ0) is 27.4. The zero-order valence-electron chi connectivity index (χ0n) is 20.2. The van der Waals surface area contributed by atoms with Crippen molar-refractivity contribution in [2.75, 3.05) is 18.6 Å². The topological polar surface area (TPSA) is 94.2 Å². The number of anilines is 1. The van der Waals surface area contributed by atoms with E-state index in [9.17, 15) is 14.4 Å². The van der Waals surface area contributed by atoms with Crippen LogP contribution in [0.3, 0.4) is 0 Å². The fourth-order valence-electron chi connectivity index (χ4n) is 3.65. The average molecular weight is 576 g/mol. The molecule has 3 aromatic carbocycles. The Morgan fingerprint density at radius 2 is 1.63 bits per heavy atom. The molecule has 1 saturated heterocycles. The van der Waals surface area contributed by atoms with Gasteiger partial charge < -0.3 is 14.2 Å². The highest BCUT2D eigenvalue weighted by molar-refractivity contribution is 6.42. The molecule has 0 aromatic heterocycles. The summed E-state index contributed by atoms with van der Waals surface area (Å²) in [5.74, 6) is -0.503. The maximum Gasteiger partial charge on any atom is 0.335 e. The first-order chi connectivity index (χ1) is 18.2. The van der Waals surface area contributed by atoms with E-state index in [2.05, 4.69) is 5.32 Å². The molecule has 4 amide bonds. The van der Waals surface area contributed by atoms with Crippen LogP contribution >= 0.6 is 34.8 Å². The lowest BCUT2D eigenvalue weighted by Crippen LogP contribution is -2.54. The van der Waals surface area contributed by atoms with Gasteiger partial charge in [0.05, 0.1) is 34.5 Å². The van der Waals surface area contributed by atoms with Gasteiger partial charge in [0.15, 0.2) is 11.5 Å². The second-order valence-corrected chi connectivity index (χ2v) is 9.18. The summed E-state index contributed by atoms with van der Waals surface area (Å²) in [4.78, 5) is 39.2. The highest BCUT2D eigenvalue weighted by Gasteiger charge is 2.37. The predicted octanol–water partition coefficient (Wildman–Crippen LogP) is 6.30. The Morgan fingerprint density at radius 1 is 0.895 bits per heavy atom. The quantitative estimate of drug-likeness (QED) is 0.250. The minimum atomic E-state index is -0.860. The molecule has 0 bridgehead atoms. The SMILES string of the molecule is CCOc1cc(/C=C2\C(=O)NC(=O)N(c3ccc(OC)cc3)C2=O)cc(Cl)c1OCc1ccc(Cl)c(Cl)c1. The molecule has 0 spiro atoms. The fraction of sp³-hybridized carbons (Fsp3) is 0.148. The number of benzene rings is 3. The molecule has 1 fully saturated rings. The normalized spacial score (nSPS) is 14.5. The van der Waals surface area contributed by atoms with E-state index < -0.39 is 17.8 Å². The van der Waals surface area contributed by atoms with E-state index in [0.29, 0.717) is 33.7 Å². The number of hydrogen-bond donors (Lipinski definition) is 1. The standard InChI is InChI=1S/C27H21Cl3N2O6/c1-3-37-23-13-16(12-22(30)24(23)38-14-15-4-9-20(28)21(29)11-15)10-19-25(33)31-27(35)32(26(19)34)17-5-7-18(36-2)8-6-17/h4-13H,3,14H2,1-2H3,(H,31,33,35)/b19-10+. The second kappa shape index (κ2) is 11.8. The number of ether oxygens (including phenoxy) is 3. The predicted molar refractivity (Wildman–Crippen MR) is 145 cm³/mol. The minimum Gasteiger partial charge on any atom is -0.497 e. The Balaban J connectivity index is 1.64. The van der Waals surface area contributed by atoms with Crippen molar-refractivity contribution in [3.8, 4) is 17.2 Å². The molecule has 0 unspecified atom stereocenters.